The van der Waals surface area contributed by atoms with Crippen LogP contribution in [-0.2, 0) is 19.6 Å². The minimum Gasteiger partial charge on any atom is -0.444 e. The SMILES string of the molecule is CC(C)(C)OC(=O)N1CCC2(CC1)CN1C(=O)CN(S(=O)(=O)c3ccc4cc(Cl)ccc4c3)CC1S2. The lowest BCUT2D eigenvalue weighted by atomic mass is 9.95. The van der Waals surface area contributed by atoms with Gasteiger partial charge in [-0.3, -0.25) is 4.79 Å². The molecule has 2 amide bonds. The minimum atomic E-state index is -3.84. The van der Waals surface area contributed by atoms with Crippen molar-refractivity contribution in [3.05, 3.63) is 41.4 Å². The summed E-state index contributed by atoms with van der Waals surface area (Å²) in [6, 6.07) is 10.3. The highest BCUT2D eigenvalue weighted by Crippen LogP contribution is 2.48. The van der Waals surface area contributed by atoms with Gasteiger partial charge in [0.2, 0.25) is 15.9 Å². The first kappa shape index (κ1) is 25.6. The van der Waals surface area contributed by atoms with E-state index in [1.54, 1.807) is 53.1 Å². The number of hydrogen-bond donors (Lipinski definition) is 0. The van der Waals surface area contributed by atoms with Crippen LogP contribution in [0.2, 0.25) is 5.02 Å². The third-order valence-corrected chi connectivity index (χ3v) is 10.7. The van der Waals surface area contributed by atoms with Gasteiger partial charge in [0.1, 0.15) is 5.60 Å². The van der Waals surface area contributed by atoms with Crippen LogP contribution in [0.15, 0.2) is 41.3 Å². The zero-order valence-electron chi connectivity index (χ0n) is 20.6. The van der Waals surface area contributed by atoms with Crippen LogP contribution in [0.25, 0.3) is 10.8 Å². The maximum Gasteiger partial charge on any atom is 0.410 e. The van der Waals surface area contributed by atoms with Crippen molar-refractivity contribution in [1.29, 1.82) is 0 Å². The molecular weight excluding hydrogens is 522 g/mol. The molecule has 0 bridgehead atoms. The molecule has 0 N–H and O–H groups in total. The maximum atomic E-state index is 13.5. The summed E-state index contributed by atoms with van der Waals surface area (Å²) in [6.07, 6.45) is 1.15. The van der Waals surface area contributed by atoms with Crippen molar-refractivity contribution in [2.24, 2.45) is 0 Å². The summed E-state index contributed by atoms with van der Waals surface area (Å²) in [5, 5.41) is 1.97. The molecule has 2 aromatic rings. The van der Waals surface area contributed by atoms with Crippen LogP contribution in [0.4, 0.5) is 4.79 Å². The van der Waals surface area contributed by atoms with E-state index >= 15 is 0 Å². The van der Waals surface area contributed by atoms with Gasteiger partial charge in [-0.1, -0.05) is 23.7 Å². The van der Waals surface area contributed by atoms with Gasteiger partial charge in [-0.2, -0.15) is 4.31 Å². The summed E-state index contributed by atoms with van der Waals surface area (Å²) in [7, 11) is -3.84. The van der Waals surface area contributed by atoms with Crippen LogP contribution >= 0.6 is 23.4 Å². The van der Waals surface area contributed by atoms with Gasteiger partial charge in [-0.05, 0) is 68.7 Å². The van der Waals surface area contributed by atoms with Gasteiger partial charge in [0.25, 0.3) is 0 Å². The predicted octanol–water partition coefficient (Wildman–Crippen LogP) is 4.17. The zero-order chi connectivity index (χ0) is 25.9. The van der Waals surface area contributed by atoms with Gasteiger partial charge in [0.05, 0.1) is 16.8 Å². The molecule has 3 saturated heterocycles. The number of benzene rings is 2. The lowest BCUT2D eigenvalue weighted by Gasteiger charge is -2.38. The number of nitrogens with zero attached hydrogens (tertiary/aromatic N) is 3. The standard InChI is InChI=1S/C25H30ClN3O5S2/c1-24(2,3)34-23(31)27-10-8-25(9-11-27)16-29-21(30)14-28(15-22(29)35-25)36(32,33)20-7-5-17-12-19(26)6-4-18(17)13-20/h4-7,12-13,22H,8-11,14-16H2,1-3H3. The van der Waals surface area contributed by atoms with Gasteiger partial charge in [-0.15, -0.1) is 11.8 Å². The number of carbonyl (C=O) groups is 2. The number of ether oxygens (including phenoxy) is 1. The second kappa shape index (κ2) is 9.08. The van der Waals surface area contributed by atoms with Gasteiger partial charge in [0.15, 0.2) is 0 Å². The highest BCUT2D eigenvalue weighted by atomic mass is 35.5. The first-order valence-electron chi connectivity index (χ1n) is 12.0. The fraction of sp³-hybridized carbons (Fsp3) is 0.520. The molecular formula is C25H30ClN3O5S2. The Bertz CT molecular complexity index is 1320. The fourth-order valence-electron chi connectivity index (χ4n) is 5.05. The molecule has 1 atom stereocenters. The Balaban J connectivity index is 1.29. The van der Waals surface area contributed by atoms with E-state index in [2.05, 4.69) is 0 Å². The van der Waals surface area contributed by atoms with E-state index in [9.17, 15) is 18.0 Å². The molecule has 3 heterocycles. The van der Waals surface area contributed by atoms with Crippen molar-refractivity contribution >= 4 is 56.2 Å². The minimum absolute atomic E-state index is 0.168. The number of thioether (sulfide) groups is 1. The molecule has 3 fully saturated rings. The van der Waals surface area contributed by atoms with E-state index in [1.807, 2.05) is 25.7 Å². The number of halogens is 1. The van der Waals surface area contributed by atoms with Crippen LogP contribution < -0.4 is 0 Å². The lowest BCUT2D eigenvalue weighted by Crippen LogP contribution is -2.55. The molecule has 11 heteroatoms. The number of amides is 2. The highest BCUT2D eigenvalue weighted by molar-refractivity contribution is 8.01. The Labute approximate surface area is 220 Å². The van der Waals surface area contributed by atoms with E-state index in [0.29, 0.717) is 24.7 Å². The van der Waals surface area contributed by atoms with Crippen molar-refractivity contribution < 1.29 is 22.7 Å². The monoisotopic (exact) mass is 551 g/mol. The summed E-state index contributed by atoms with van der Waals surface area (Å²) in [6.45, 7) is 7.31. The summed E-state index contributed by atoms with van der Waals surface area (Å²) < 4.78 is 33.6. The van der Waals surface area contributed by atoms with E-state index in [4.69, 9.17) is 16.3 Å². The Morgan fingerprint density at radius 2 is 1.78 bits per heavy atom. The number of fused-ring (bicyclic) bond motifs is 2. The van der Waals surface area contributed by atoms with Crippen molar-refractivity contribution in [2.45, 2.75) is 54.2 Å². The largest absolute Gasteiger partial charge is 0.444 e. The van der Waals surface area contributed by atoms with Crippen molar-refractivity contribution in [1.82, 2.24) is 14.1 Å². The average Bonchev–Trinajstić information content (AvgIpc) is 3.16. The summed E-state index contributed by atoms with van der Waals surface area (Å²) in [5.41, 5.74) is -0.547. The lowest BCUT2D eigenvalue weighted by molar-refractivity contribution is -0.134. The third-order valence-electron chi connectivity index (χ3n) is 6.92. The molecule has 2 aromatic carbocycles. The van der Waals surface area contributed by atoms with E-state index in [-0.39, 0.29) is 40.1 Å². The molecule has 5 rings (SSSR count). The molecule has 1 spiro atoms. The van der Waals surface area contributed by atoms with Crippen molar-refractivity contribution in [3.8, 4) is 0 Å². The van der Waals surface area contributed by atoms with Gasteiger partial charge >= 0.3 is 6.09 Å². The summed E-state index contributed by atoms with van der Waals surface area (Å²) >= 11 is 7.72. The second-order valence-electron chi connectivity index (χ2n) is 10.7. The van der Waals surface area contributed by atoms with Gasteiger partial charge < -0.3 is 14.5 Å². The molecule has 0 aliphatic carbocycles. The quantitative estimate of drug-likeness (QED) is 0.557. The van der Waals surface area contributed by atoms with Crippen LogP contribution in [-0.4, -0.2) is 83.0 Å². The number of piperazine rings is 1. The first-order chi connectivity index (χ1) is 16.9. The average molecular weight is 552 g/mol. The molecule has 3 aliphatic rings. The molecule has 36 heavy (non-hydrogen) atoms. The Morgan fingerprint density at radius 3 is 2.47 bits per heavy atom. The number of carbonyl (C=O) groups excluding carboxylic acids is 2. The molecule has 194 valence electrons. The van der Waals surface area contributed by atoms with Gasteiger partial charge in [-0.25, -0.2) is 13.2 Å². The topological polar surface area (TPSA) is 87.2 Å². The molecule has 1 unspecified atom stereocenters. The van der Waals surface area contributed by atoms with Crippen LogP contribution in [0.1, 0.15) is 33.6 Å². The van der Waals surface area contributed by atoms with E-state index in [0.717, 1.165) is 23.6 Å². The number of sulfonamides is 1. The Kier molecular flexibility index (Phi) is 6.46. The molecule has 0 saturated carbocycles. The van der Waals surface area contributed by atoms with Crippen molar-refractivity contribution in [2.75, 3.05) is 32.7 Å². The van der Waals surface area contributed by atoms with E-state index in [1.165, 1.54) is 4.31 Å². The summed E-state index contributed by atoms with van der Waals surface area (Å²) in [5.74, 6) is -0.179. The van der Waals surface area contributed by atoms with Gasteiger partial charge in [0, 0.05) is 35.9 Å². The number of likely N-dealkylation sites (tertiary alicyclic amines) is 1. The Hall–Kier alpha value is -2.01. The van der Waals surface area contributed by atoms with Crippen LogP contribution in [0.5, 0.6) is 0 Å². The predicted molar refractivity (Wildman–Crippen MR) is 141 cm³/mol. The second-order valence-corrected chi connectivity index (χ2v) is 14.7. The smallest absolute Gasteiger partial charge is 0.410 e. The zero-order valence-corrected chi connectivity index (χ0v) is 23.0. The number of rotatable bonds is 2. The number of piperidine rings is 1. The van der Waals surface area contributed by atoms with Crippen LogP contribution in [0, 0.1) is 0 Å². The third kappa shape index (κ3) is 4.92. The normalized spacial score (nSPS) is 22.8. The molecule has 0 radical (unpaired) electrons. The van der Waals surface area contributed by atoms with Crippen LogP contribution in [0.3, 0.4) is 0 Å². The fourth-order valence-corrected chi connectivity index (χ4v) is 8.54. The highest BCUT2D eigenvalue weighted by Gasteiger charge is 2.52. The summed E-state index contributed by atoms with van der Waals surface area (Å²) in [4.78, 5) is 29.2. The molecule has 0 aromatic heterocycles. The maximum absolute atomic E-state index is 13.5. The van der Waals surface area contributed by atoms with E-state index < -0.39 is 15.6 Å². The molecule has 8 nitrogen and oxygen atoms in total. The molecule has 3 aliphatic heterocycles. The Morgan fingerprint density at radius 1 is 1.11 bits per heavy atom. The number of hydrogen-bond acceptors (Lipinski definition) is 6. The van der Waals surface area contributed by atoms with Crippen molar-refractivity contribution in [3.63, 3.8) is 0 Å². The first-order valence-corrected chi connectivity index (χ1v) is 14.7.